The molecule has 1 aromatic heterocycles. The molecule has 0 atom stereocenters. The molecule has 2 heterocycles. The number of nitrogens with one attached hydrogen (secondary N) is 1. The highest BCUT2D eigenvalue weighted by molar-refractivity contribution is 6.02. The summed E-state index contributed by atoms with van der Waals surface area (Å²) in [5, 5.41) is 10.3. The topological polar surface area (TPSA) is 54.9 Å². The molecule has 1 saturated heterocycles. The molecule has 0 aliphatic carbocycles. The number of aromatic amines is 1. The van der Waals surface area contributed by atoms with Crippen molar-refractivity contribution in [2.24, 2.45) is 4.99 Å². The van der Waals surface area contributed by atoms with Crippen LogP contribution in [0, 0.1) is 11.6 Å². The number of piperazine rings is 1. The van der Waals surface area contributed by atoms with Crippen molar-refractivity contribution in [1.82, 2.24) is 9.88 Å². The van der Waals surface area contributed by atoms with Crippen LogP contribution >= 0.6 is 0 Å². The smallest absolute Gasteiger partial charge is 0.198 e. The molecule has 1 fully saturated rings. The minimum absolute atomic E-state index is 0.172. The molecule has 3 aromatic rings. The Hall–Kier alpha value is -2.93. The molecule has 1 aliphatic heterocycles. The molecule has 0 amide bonds. The molecule has 0 radical (unpaired) electrons. The lowest BCUT2D eigenvalue weighted by molar-refractivity contribution is 0.209. The summed E-state index contributed by atoms with van der Waals surface area (Å²) in [6, 6.07) is 9.86. The van der Waals surface area contributed by atoms with Gasteiger partial charge in [0.05, 0.1) is 22.5 Å². The van der Waals surface area contributed by atoms with Crippen molar-refractivity contribution in [3.8, 4) is 5.88 Å². The number of halogens is 2. The van der Waals surface area contributed by atoms with Crippen LogP contribution in [0.4, 0.5) is 20.2 Å². The zero-order chi connectivity index (χ0) is 20.5. The van der Waals surface area contributed by atoms with Gasteiger partial charge in [-0.15, -0.1) is 0 Å². The average molecular weight is 398 g/mol. The Bertz CT molecular complexity index is 1050. The van der Waals surface area contributed by atoms with E-state index in [1.807, 2.05) is 4.90 Å². The van der Waals surface area contributed by atoms with Crippen LogP contribution in [0.3, 0.4) is 0 Å². The number of anilines is 1. The first-order chi connectivity index (χ1) is 13.9. The number of hydrogen-bond acceptors (Lipinski definition) is 4. The number of rotatable bonds is 4. The molecule has 29 heavy (non-hydrogen) atoms. The number of nitrogens with zero attached hydrogens (tertiary/aromatic N) is 3. The quantitative estimate of drug-likeness (QED) is 0.639. The van der Waals surface area contributed by atoms with Crippen LogP contribution in [0.1, 0.15) is 19.4 Å². The van der Waals surface area contributed by atoms with Crippen LogP contribution in [-0.2, 0) is 0 Å². The van der Waals surface area contributed by atoms with E-state index in [0.29, 0.717) is 22.9 Å². The highest BCUT2D eigenvalue weighted by Crippen LogP contribution is 2.29. The van der Waals surface area contributed by atoms with Crippen molar-refractivity contribution >= 4 is 28.5 Å². The van der Waals surface area contributed by atoms with Crippen molar-refractivity contribution in [1.29, 1.82) is 0 Å². The number of H-pyrrole nitrogens is 1. The first-order valence-corrected chi connectivity index (χ1v) is 9.76. The monoisotopic (exact) mass is 398 g/mol. The predicted molar refractivity (Wildman–Crippen MR) is 112 cm³/mol. The fourth-order valence-electron chi connectivity index (χ4n) is 3.79. The Labute approximate surface area is 168 Å². The van der Waals surface area contributed by atoms with Crippen molar-refractivity contribution < 1.29 is 13.9 Å². The van der Waals surface area contributed by atoms with E-state index in [1.54, 1.807) is 24.3 Å². The van der Waals surface area contributed by atoms with Gasteiger partial charge in [-0.2, -0.15) is 0 Å². The maximum absolute atomic E-state index is 14.7. The van der Waals surface area contributed by atoms with Crippen LogP contribution in [0.2, 0.25) is 0 Å². The zero-order valence-electron chi connectivity index (χ0n) is 16.5. The normalized spacial score (nSPS) is 15.8. The lowest BCUT2D eigenvalue weighted by Gasteiger charge is -2.38. The van der Waals surface area contributed by atoms with Gasteiger partial charge in [-0.1, -0.05) is 6.07 Å². The molecule has 4 rings (SSSR count). The van der Waals surface area contributed by atoms with Crippen LogP contribution in [0.25, 0.3) is 10.9 Å². The minimum atomic E-state index is -0.456. The maximum atomic E-state index is 14.7. The lowest BCUT2D eigenvalue weighted by Crippen LogP contribution is -2.49. The largest absolute Gasteiger partial charge is 0.494 e. The van der Waals surface area contributed by atoms with Gasteiger partial charge in [-0.05, 0) is 38.1 Å². The molecule has 2 aromatic carbocycles. The Kier molecular flexibility index (Phi) is 5.24. The summed E-state index contributed by atoms with van der Waals surface area (Å²) < 4.78 is 28.8. The van der Waals surface area contributed by atoms with Gasteiger partial charge in [0.25, 0.3) is 0 Å². The molecule has 0 unspecified atom stereocenters. The van der Waals surface area contributed by atoms with E-state index in [0.717, 1.165) is 26.2 Å². The third kappa shape index (κ3) is 3.82. The zero-order valence-corrected chi connectivity index (χ0v) is 16.5. The standard InChI is InChI=1S/C22H24F2N4O/c1-14(2)27-8-10-28(11-9-27)20-7-6-15(12-18(20)24)25-13-16-21-17(23)4-3-5-19(21)26-22(16)29/h3-7,12-14,26,29H,8-11H2,1-2H3. The first kappa shape index (κ1) is 19.4. The van der Waals surface area contributed by atoms with E-state index in [2.05, 4.69) is 28.7 Å². The molecule has 2 N–H and O–H groups in total. The molecular weight excluding hydrogens is 374 g/mol. The Morgan fingerprint density at radius 1 is 1.07 bits per heavy atom. The van der Waals surface area contributed by atoms with Gasteiger partial charge >= 0.3 is 0 Å². The molecule has 152 valence electrons. The van der Waals surface area contributed by atoms with Crippen molar-refractivity contribution in [3.63, 3.8) is 0 Å². The lowest BCUT2D eigenvalue weighted by atomic mass is 10.1. The molecule has 0 spiro atoms. The van der Waals surface area contributed by atoms with Crippen LogP contribution in [0.5, 0.6) is 5.88 Å². The number of hydrogen-bond donors (Lipinski definition) is 2. The van der Waals surface area contributed by atoms with E-state index < -0.39 is 5.82 Å². The summed E-state index contributed by atoms with van der Waals surface area (Å²) in [6.45, 7) is 7.70. The SMILES string of the molecule is CC(C)N1CCN(c2ccc(N=Cc3c(O)[nH]c4cccc(F)c34)cc2F)CC1. The summed E-state index contributed by atoms with van der Waals surface area (Å²) >= 11 is 0. The van der Waals surface area contributed by atoms with Crippen LogP contribution in [0.15, 0.2) is 41.4 Å². The second kappa shape index (κ2) is 7.83. The summed E-state index contributed by atoms with van der Waals surface area (Å²) in [6.07, 6.45) is 1.35. The molecule has 1 aliphatic rings. The number of benzene rings is 2. The summed E-state index contributed by atoms with van der Waals surface area (Å²) in [4.78, 5) is 11.4. The van der Waals surface area contributed by atoms with Crippen molar-refractivity contribution in [2.45, 2.75) is 19.9 Å². The third-order valence-corrected chi connectivity index (χ3v) is 5.45. The van der Waals surface area contributed by atoms with Gasteiger partial charge in [0.15, 0.2) is 5.88 Å². The number of aromatic hydroxyl groups is 1. The number of aliphatic imine (C=N–C) groups is 1. The fourth-order valence-corrected chi connectivity index (χ4v) is 3.79. The highest BCUT2D eigenvalue weighted by Gasteiger charge is 2.21. The van der Waals surface area contributed by atoms with Crippen molar-refractivity contribution in [3.05, 3.63) is 53.6 Å². The Balaban J connectivity index is 1.54. The van der Waals surface area contributed by atoms with Crippen LogP contribution < -0.4 is 4.90 Å². The van der Waals surface area contributed by atoms with Crippen LogP contribution in [-0.4, -0.2) is 53.4 Å². The number of aromatic nitrogens is 1. The second-order valence-electron chi connectivity index (χ2n) is 7.56. The van der Waals surface area contributed by atoms with Gasteiger partial charge in [0, 0.05) is 49.9 Å². The van der Waals surface area contributed by atoms with Gasteiger partial charge in [-0.3, -0.25) is 9.89 Å². The van der Waals surface area contributed by atoms with E-state index in [-0.39, 0.29) is 22.6 Å². The van der Waals surface area contributed by atoms with E-state index in [4.69, 9.17) is 0 Å². The Morgan fingerprint density at radius 2 is 1.83 bits per heavy atom. The predicted octanol–water partition coefficient (Wildman–Crippen LogP) is 4.43. The van der Waals surface area contributed by atoms with E-state index in [9.17, 15) is 13.9 Å². The minimum Gasteiger partial charge on any atom is -0.494 e. The second-order valence-corrected chi connectivity index (χ2v) is 7.56. The highest BCUT2D eigenvalue weighted by atomic mass is 19.1. The first-order valence-electron chi connectivity index (χ1n) is 9.76. The average Bonchev–Trinajstić information content (AvgIpc) is 3.03. The Morgan fingerprint density at radius 3 is 2.52 bits per heavy atom. The molecule has 0 bridgehead atoms. The molecule has 7 heteroatoms. The number of fused-ring (bicyclic) bond motifs is 1. The summed E-state index contributed by atoms with van der Waals surface area (Å²) in [7, 11) is 0. The summed E-state index contributed by atoms with van der Waals surface area (Å²) in [5.74, 6) is -0.969. The maximum Gasteiger partial charge on any atom is 0.198 e. The van der Waals surface area contributed by atoms with Gasteiger partial charge in [0.1, 0.15) is 11.6 Å². The summed E-state index contributed by atoms with van der Waals surface area (Å²) in [5.41, 5.74) is 1.68. The van der Waals surface area contributed by atoms with Crippen molar-refractivity contribution in [2.75, 3.05) is 31.1 Å². The van der Waals surface area contributed by atoms with E-state index >= 15 is 0 Å². The molecule has 0 saturated carbocycles. The van der Waals surface area contributed by atoms with Gasteiger partial charge in [-0.25, -0.2) is 8.78 Å². The van der Waals surface area contributed by atoms with Gasteiger partial charge < -0.3 is 15.0 Å². The fraction of sp³-hybridized carbons (Fsp3) is 0.318. The third-order valence-electron chi connectivity index (χ3n) is 5.45. The van der Waals surface area contributed by atoms with Gasteiger partial charge in [0.2, 0.25) is 0 Å². The molecular formula is C22H24F2N4O. The molecule has 5 nitrogen and oxygen atoms in total. The van der Waals surface area contributed by atoms with E-state index in [1.165, 1.54) is 18.3 Å².